The van der Waals surface area contributed by atoms with Gasteiger partial charge in [0.1, 0.15) is 0 Å². The molecule has 0 bridgehead atoms. The summed E-state index contributed by atoms with van der Waals surface area (Å²) >= 11 is 0. The lowest BCUT2D eigenvalue weighted by Gasteiger charge is -2.34. The van der Waals surface area contributed by atoms with Gasteiger partial charge < -0.3 is 10.0 Å². The molecule has 1 saturated carbocycles. The maximum atomic E-state index is 12.3. The second-order valence-electron chi connectivity index (χ2n) is 5.86. The minimum Gasteiger partial charge on any atom is -0.396 e. The monoisotopic (exact) mass is 270 g/mol. The van der Waals surface area contributed by atoms with Gasteiger partial charge in [-0.1, -0.05) is 13.8 Å². The van der Waals surface area contributed by atoms with Crippen LogP contribution in [0.25, 0.3) is 0 Å². The minimum absolute atomic E-state index is 0.195. The lowest BCUT2D eigenvalue weighted by molar-refractivity contribution is -0.134. The highest BCUT2D eigenvalue weighted by atomic mass is 16.3. The van der Waals surface area contributed by atoms with E-state index in [-0.39, 0.29) is 12.5 Å². The highest BCUT2D eigenvalue weighted by molar-refractivity contribution is 5.78. The molecule has 0 aromatic rings. The Balaban J connectivity index is 2.38. The Kier molecular flexibility index (Phi) is 7.39. The number of nitrogens with zero attached hydrogens (tertiary/aromatic N) is 2. The van der Waals surface area contributed by atoms with Gasteiger partial charge in [-0.2, -0.15) is 0 Å². The Hall–Kier alpha value is -0.610. The molecule has 112 valence electrons. The minimum atomic E-state index is 0.195. The zero-order valence-corrected chi connectivity index (χ0v) is 12.8. The van der Waals surface area contributed by atoms with Crippen molar-refractivity contribution in [2.45, 2.75) is 52.0 Å². The van der Waals surface area contributed by atoms with Crippen LogP contribution < -0.4 is 0 Å². The first-order valence-corrected chi connectivity index (χ1v) is 7.67. The summed E-state index contributed by atoms with van der Waals surface area (Å²) in [7, 11) is 1.95. The highest BCUT2D eigenvalue weighted by Crippen LogP contribution is 2.26. The maximum absolute atomic E-state index is 12.3. The molecule has 19 heavy (non-hydrogen) atoms. The molecule has 0 radical (unpaired) electrons. The first-order valence-electron chi connectivity index (χ1n) is 7.67. The molecular formula is C15H30N2O2. The third-order valence-electron chi connectivity index (χ3n) is 4.37. The summed E-state index contributed by atoms with van der Waals surface area (Å²) in [4.78, 5) is 16.3. The Morgan fingerprint density at radius 2 is 1.89 bits per heavy atom. The van der Waals surface area contributed by atoms with E-state index in [2.05, 4.69) is 18.7 Å². The molecule has 1 N–H and O–H groups in total. The van der Waals surface area contributed by atoms with Gasteiger partial charge >= 0.3 is 0 Å². The van der Waals surface area contributed by atoms with Gasteiger partial charge in [-0.05, 0) is 44.6 Å². The molecule has 1 aliphatic rings. The molecule has 0 aromatic heterocycles. The fraction of sp³-hybridized carbons (Fsp3) is 0.933. The number of hydrogen-bond acceptors (Lipinski definition) is 3. The Morgan fingerprint density at radius 3 is 2.42 bits per heavy atom. The van der Waals surface area contributed by atoms with Crippen molar-refractivity contribution in [3.63, 3.8) is 0 Å². The van der Waals surface area contributed by atoms with Crippen molar-refractivity contribution in [2.24, 2.45) is 5.92 Å². The van der Waals surface area contributed by atoms with Crippen molar-refractivity contribution < 1.29 is 9.90 Å². The van der Waals surface area contributed by atoms with Crippen LogP contribution in [0.4, 0.5) is 0 Å². The second kappa shape index (κ2) is 8.54. The zero-order valence-electron chi connectivity index (χ0n) is 12.8. The maximum Gasteiger partial charge on any atom is 0.236 e. The van der Waals surface area contributed by atoms with Gasteiger partial charge in [-0.3, -0.25) is 9.69 Å². The van der Waals surface area contributed by atoms with Crippen molar-refractivity contribution in [1.29, 1.82) is 0 Å². The number of likely N-dealkylation sites (N-methyl/N-ethyl adjacent to an activating group) is 2. The third-order valence-corrected chi connectivity index (χ3v) is 4.37. The lowest BCUT2D eigenvalue weighted by atomic mass is 9.87. The van der Waals surface area contributed by atoms with Crippen LogP contribution in [0.1, 0.15) is 46.0 Å². The van der Waals surface area contributed by atoms with E-state index in [0.717, 1.165) is 38.3 Å². The number of aliphatic hydroxyl groups is 1. The van der Waals surface area contributed by atoms with Crippen molar-refractivity contribution >= 4 is 5.91 Å². The molecule has 0 saturated heterocycles. The molecule has 1 rings (SSSR count). The van der Waals surface area contributed by atoms with Crippen LogP contribution in [0.3, 0.4) is 0 Å². The van der Waals surface area contributed by atoms with Gasteiger partial charge in [0.25, 0.3) is 0 Å². The van der Waals surface area contributed by atoms with E-state index in [9.17, 15) is 4.79 Å². The van der Waals surface area contributed by atoms with E-state index in [0.29, 0.717) is 12.6 Å². The van der Waals surface area contributed by atoms with Gasteiger partial charge in [-0.15, -0.1) is 0 Å². The van der Waals surface area contributed by atoms with E-state index >= 15 is 0 Å². The SMILES string of the molecule is CCN(CCCO)CC(=O)N(C)C1CCC(C)CC1. The first kappa shape index (κ1) is 16.4. The molecule has 0 atom stereocenters. The Labute approximate surface area is 117 Å². The molecule has 1 fully saturated rings. The second-order valence-corrected chi connectivity index (χ2v) is 5.86. The topological polar surface area (TPSA) is 43.8 Å². The molecule has 1 aliphatic carbocycles. The Morgan fingerprint density at radius 1 is 1.26 bits per heavy atom. The molecule has 0 spiro atoms. The predicted octanol–water partition coefficient (Wildman–Crippen LogP) is 1.73. The Bertz CT molecular complexity index is 263. The normalized spacial score (nSPS) is 23.6. The molecule has 4 heteroatoms. The van der Waals surface area contributed by atoms with Crippen LogP contribution in [0.15, 0.2) is 0 Å². The van der Waals surface area contributed by atoms with Crippen molar-refractivity contribution in [3.05, 3.63) is 0 Å². The van der Waals surface area contributed by atoms with Gasteiger partial charge in [0.2, 0.25) is 5.91 Å². The fourth-order valence-electron chi connectivity index (χ4n) is 2.78. The largest absolute Gasteiger partial charge is 0.396 e. The molecule has 0 unspecified atom stereocenters. The molecule has 0 heterocycles. The van der Waals surface area contributed by atoms with Crippen LogP contribution in [0.2, 0.25) is 0 Å². The number of aliphatic hydroxyl groups excluding tert-OH is 1. The van der Waals surface area contributed by atoms with E-state index in [1.807, 2.05) is 11.9 Å². The number of amides is 1. The molecule has 1 amide bonds. The summed E-state index contributed by atoms with van der Waals surface area (Å²) in [5, 5.41) is 8.86. The van der Waals surface area contributed by atoms with Crippen molar-refractivity contribution in [1.82, 2.24) is 9.80 Å². The third kappa shape index (κ3) is 5.49. The van der Waals surface area contributed by atoms with E-state index < -0.39 is 0 Å². The zero-order chi connectivity index (χ0) is 14.3. The highest BCUT2D eigenvalue weighted by Gasteiger charge is 2.25. The summed E-state index contributed by atoms with van der Waals surface area (Å²) in [5.41, 5.74) is 0. The van der Waals surface area contributed by atoms with E-state index in [4.69, 9.17) is 5.11 Å². The molecular weight excluding hydrogens is 240 g/mol. The van der Waals surface area contributed by atoms with E-state index in [1.54, 1.807) is 0 Å². The van der Waals surface area contributed by atoms with Crippen LogP contribution in [-0.4, -0.2) is 60.1 Å². The van der Waals surface area contributed by atoms with Crippen LogP contribution >= 0.6 is 0 Å². The standard InChI is InChI=1S/C15H30N2O2/c1-4-17(10-5-11-18)12-15(19)16(3)14-8-6-13(2)7-9-14/h13-14,18H,4-12H2,1-3H3. The van der Waals surface area contributed by atoms with Gasteiger partial charge in [0.15, 0.2) is 0 Å². The number of hydrogen-bond donors (Lipinski definition) is 1. The number of carbonyl (C=O) groups excluding carboxylic acids is 1. The summed E-state index contributed by atoms with van der Waals surface area (Å²) in [6.45, 7) is 6.70. The molecule has 0 aliphatic heterocycles. The average molecular weight is 270 g/mol. The van der Waals surface area contributed by atoms with Gasteiger partial charge in [0.05, 0.1) is 6.54 Å². The van der Waals surface area contributed by atoms with Gasteiger partial charge in [-0.25, -0.2) is 0 Å². The quantitative estimate of drug-likeness (QED) is 0.766. The summed E-state index contributed by atoms with van der Waals surface area (Å²) in [6, 6.07) is 0.431. The smallest absolute Gasteiger partial charge is 0.236 e. The van der Waals surface area contributed by atoms with Crippen LogP contribution in [0, 0.1) is 5.92 Å². The molecule has 0 aromatic carbocycles. The lowest BCUT2D eigenvalue weighted by Crippen LogP contribution is -2.44. The summed E-state index contributed by atoms with van der Waals surface area (Å²) < 4.78 is 0. The fourth-order valence-corrected chi connectivity index (χ4v) is 2.78. The van der Waals surface area contributed by atoms with E-state index in [1.165, 1.54) is 12.8 Å². The van der Waals surface area contributed by atoms with Crippen molar-refractivity contribution in [2.75, 3.05) is 33.3 Å². The van der Waals surface area contributed by atoms with Crippen LogP contribution in [0.5, 0.6) is 0 Å². The van der Waals surface area contributed by atoms with Crippen molar-refractivity contribution in [3.8, 4) is 0 Å². The summed E-state index contributed by atoms with van der Waals surface area (Å²) in [5.74, 6) is 1.04. The van der Waals surface area contributed by atoms with Crippen LogP contribution in [-0.2, 0) is 4.79 Å². The number of carbonyl (C=O) groups is 1. The predicted molar refractivity (Wildman–Crippen MR) is 78.0 cm³/mol. The average Bonchev–Trinajstić information content (AvgIpc) is 2.43. The summed E-state index contributed by atoms with van der Waals surface area (Å²) in [6.07, 6.45) is 5.51. The van der Waals surface area contributed by atoms with Gasteiger partial charge in [0, 0.05) is 26.2 Å². The first-order chi connectivity index (χ1) is 9.08. The molecule has 4 nitrogen and oxygen atoms in total. The number of rotatable bonds is 7.